The fourth-order valence-electron chi connectivity index (χ4n) is 1.06. The van der Waals surface area contributed by atoms with E-state index in [0.29, 0.717) is 0 Å². The fourth-order valence-corrected chi connectivity index (χ4v) is 1.06. The van der Waals surface area contributed by atoms with Crippen LogP contribution in [-0.4, -0.2) is 10.7 Å². The van der Waals surface area contributed by atoms with E-state index in [9.17, 15) is 5.11 Å². The lowest BCUT2D eigenvalue weighted by Crippen LogP contribution is -2.13. The molecule has 0 radical (unpaired) electrons. The molecule has 0 spiro atoms. The van der Waals surface area contributed by atoms with Crippen molar-refractivity contribution in [1.82, 2.24) is 0 Å². The molecule has 0 aliphatic rings. The third kappa shape index (κ3) is 9.70. The van der Waals surface area contributed by atoms with Crippen LogP contribution in [0.15, 0.2) is 12.2 Å². The lowest BCUT2D eigenvalue weighted by molar-refractivity contribution is 0.133. The standard InChI is InChI=1S/C11H22O/c1-4-5-6-7-8-9-10-11(2,3)12/h9-10,12H,4-8H2,1-3H3/b10-9+. The number of hydrogen-bond donors (Lipinski definition) is 1. The molecule has 0 unspecified atom stereocenters. The van der Waals surface area contributed by atoms with E-state index in [4.69, 9.17) is 0 Å². The largest absolute Gasteiger partial charge is 0.386 e. The summed E-state index contributed by atoms with van der Waals surface area (Å²) in [5.41, 5.74) is -0.634. The topological polar surface area (TPSA) is 20.2 Å². The second-order valence-electron chi connectivity index (χ2n) is 3.91. The van der Waals surface area contributed by atoms with Crippen molar-refractivity contribution in [3.8, 4) is 0 Å². The molecule has 1 heteroatoms. The first-order valence-corrected chi connectivity index (χ1v) is 4.96. The highest BCUT2D eigenvalue weighted by molar-refractivity contribution is 4.94. The zero-order valence-corrected chi connectivity index (χ0v) is 8.64. The first-order chi connectivity index (χ1) is 5.56. The van der Waals surface area contributed by atoms with Crippen LogP contribution in [0.2, 0.25) is 0 Å². The van der Waals surface area contributed by atoms with Crippen LogP contribution >= 0.6 is 0 Å². The van der Waals surface area contributed by atoms with Crippen LogP contribution in [0.4, 0.5) is 0 Å². The van der Waals surface area contributed by atoms with Gasteiger partial charge in [0, 0.05) is 0 Å². The molecule has 72 valence electrons. The molecule has 1 nitrogen and oxygen atoms in total. The van der Waals surface area contributed by atoms with Crippen molar-refractivity contribution >= 4 is 0 Å². The molecule has 0 bridgehead atoms. The van der Waals surface area contributed by atoms with Crippen molar-refractivity contribution < 1.29 is 5.11 Å². The Morgan fingerprint density at radius 3 is 2.33 bits per heavy atom. The molecule has 0 aromatic heterocycles. The van der Waals surface area contributed by atoms with Crippen LogP contribution in [-0.2, 0) is 0 Å². The predicted octanol–water partition coefficient (Wildman–Crippen LogP) is 3.28. The second-order valence-corrected chi connectivity index (χ2v) is 3.91. The van der Waals surface area contributed by atoms with E-state index < -0.39 is 5.60 Å². The Morgan fingerprint density at radius 1 is 1.17 bits per heavy atom. The first kappa shape index (κ1) is 11.7. The van der Waals surface area contributed by atoms with Crippen molar-refractivity contribution in [2.24, 2.45) is 0 Å². The molecule has 0 aromatic carbocycles. The number of aliphatic hydroxyl groups is 1. The monoisotopic (exact) mass is 170 g/mol. The molecule has 0 aliphatic heterocycles. The van der Waals surface area contributed by atoms with E-state index in [1.165, 1.54) is 25.7 Å². The SMILES string of the molecule is CCCCCC/C=C/C(C)(C)O. The quantitative estimate of drug-likeness (QED) is 0.479. The molecule has 1 N–H and O–H groups in total. The van der Waals surface area contributed by atoms with Gasteiger partial charge in [-0.25, -0.2) is 0 Å². The number of allylic oxidation sites excluding steroid dienone is 1. The van der Waals surface area contributed by atoms with Gasteiger partial charge in [-0.2, -0.15) is 0 Å². The molecule has 0 heterocycles. The average Bonchev–Trinajstić information content (AvgIpc) is 1.94. The van der Waals surface area contributed by atoms with Crippen molar-refractivity contribution in [2.45, 2.75) is 58.5 Å². The van der Waals surface area contributed by atoms with Crippen LogP contribution in [0, 0.1) is 0 Å². The van der Waals surface area contributed by atoms with E-state index in [-0.39, 0.29) is 0 Å². The van der Waals surface area contributed by atoms with Gasteiger partial charge >= 0.3 is 0 Å². The lowest BCUT2D eigenvalue weighted by atomic mass is 10.1. The van der Waals surface area contributed by atoms with Gasteiger partial charge in [0.1, 0.15) is 0 Å². The van der Waals surface area contributed by atoms with Gasteiger partial charge < -0.3 is 5.11 Å². The number of unbranched alkanes of at least 4 members (excludes halogenated alkanes) is 4. The van der Waals surface area contributed by atoms with Crippen LogP contribution in [0.3, 0.4) is 0 Å². The van der Waals surface area contributed by atoms with Crippen LogP contribution in [0.25, 0.3) is 0 Å². The zero-order chi connectivity index (χ0) is 9.45. The van der Waals surface area contributed by atoms with Gasteiger partial charge in [0.05, 0.1) is 5.60 Å². The summed E-state index contributed by atoms with van der Waals surface area (Å²) in [5, 5.41) is 9.33. The molecule has 0 amide bonds. The van der Waals surface area contributed by atoms with Gasteiger partial charge in [0.2, 0.25) is 0 Å². The molecule has 0 saturated carbocycles. The summed E-state index contributed by atoms with van der Waals surface area (Å²) in [5.74, 6) is 0. The predicted molar refractivity (Wildman–Crippen MR) is 54.2 cm³/mol. The van der Waals surface area contributed by atoms with Gasteiger partial charge in [0.25, 0.3) is 0 Å². The highest BCUT2D eigenvalue weighted by atomic mass is 16.3. The molecule has 0 fully saturated rings. The van der Waals surface area contributed by atoms with Crippen molar-refractivity contribution in [2.75, 3.05) is 0 Å². The van der Waals surface area contributed by atoms with Gasteiger partial charge in [-0.15, -0.1) is 0 Å². The van der Waals surface area contributed by atoms with Crippen LogP contribution < -0.4 is 0 Å². The Bertz CT molecular complexity index is 119. The number of rotatable bonds is 6. The number of hydrogen-bond acceptors (Lipinski definition) is 1. The molecule has 12 heavy (non-hydrogen) atoms. The Kier molecular flexibility index (Phi) is 6.09. The maximum atomic E-state index is 9.33. The molecule has 0 saturated heterocycles. The third-order valence-corrected chi connectivity index (χ3v) is 1.75. The molecule has 0 aliphatic carbocycles. The Morgan fingerprint density at radius 2 is 1.83 bits per heavy atom. The second kappa shape index (κ2) is 6.24. The van der Waals surface area contributed by atoms with Crippen molar-refractivity contribution in [3.05, 3.63) is 12.2 Å². The third-order valence-electron chi connectivity index (χ3n) is 1.75. The lowest BCUT2D eigenvalue weighted by Gasteiger charge is -2.09. The minimum Gasteiger partial charge on any atom is -0.386 e. The smallest absolute Gasteiger partial charge is 0.0771 e. The van der Waals surface area contributed by atoms with Crippen LogP contribution in [0.5, 0.6) is 0 Å². The normalized spacial score (nSPS) is 12.7. The average molecular weight is 170 g/mol. The van der Waals surface area contributed by atoms with E-state index in [2.05, 4.69) is 13.0 Å². The minimum absolute atomic E-state index is 0.634. The Hall–Kier alpha value is -0.300. The molecular formula is C11H22O. The summed E-state index contributed by atoms with van der Waals surface area (Å²) < 4.78 is 0. The van der Waals surface area contributed by atoms with Gasteiger partial charge in [-0.3, -0.25) is 0 Å². The summed E-state index contributed by atoms with van der Waals surface area (Å²) in [6.07, 6.45) is 10.2. The first-order valence-electron chi connectivity index (χ1n) is 4.96. The summed E-state index contributed by atoms with van der Waals surface area (Å²) in [7, 11) is 0. The summed E-state index contributed by atoms with van der Waals surface area (Å²) in [6, 6.07) is 0. The van der Waals surface area contributed by atoms with Crippen LogP contribution in [0.1, 0.15) is 52.9 Å². The Balaban J connectivity index is 3.25. The summed E-state index contributed by atoms with van der Waals surface area (Å²) in [4.78, 5) is 0. The maximum absolute atomic E-state index is 9.33. The minimum atomic E-state index is -0.634. The highest BCUT2D eigenvalue weighted by Gasteiger charge is 2.04. The Labute approximate surface area is 76.5 Å². The van der Waals surface area contributed by atoms with Gasteiger partial charge in [-0.1, -0.05) is 38.3 Å². The van der Waals surface area contributed by atoms with Gasteiger partial charge in [0.15, 0.2) is 0 Å². The molecule has 0 atom stereocenters. The van der Waals surface area contributed by atoms with Crippen molar-refractivity contribution in [3.63, 3.8) is 0 Å². The zero-order valence-electron chi connectivity index (χ0n) is 8.64. The highest BCUT2D eigenvalue weighted by Crippen LogP contribution is 2.06. The molecular weight excluding hydrogens is 148 g/mol. The van der Waals surface area contributed by atoms with E-state index in [0.717, 1.165) is 6.42 Å². The maximum Gasteiger partial charge on any atom is 0.0771 e. The van der Waals surface area contributed by atoms with E-state index in [1.54, 1.807) is 13.8 Å². The fraction of sp³-hybridized carbons (Fsp3) is 0.818. The summed E-state index contributed by atoms with van der Waals surface area (Å²) >= 11 is 0. The van der Waals surface area contributed by atoms with Crippen molar-refractivity contribution in [1.29, 1.82) is 0 Å². The molecule has 0 rings (SSSR count). The van der Waals surface area contributed by atoms with Gasteiger partial charge in [-0.05, 0) is 26.7 Å². The van der Waals surface area contributed by atoms with E-state index in [1.807, 2.05) is 6.08 Å². The molecule has 0 aromatic rings. The van der Waals surface area contributed by atoms with E-state index >= 15 is 0 Å². The summed E-state index contributed by atoms with van der Waals surface area (Å²) in [6.45, 7) is 5.82.